The van der Waals surface area contributed by atoms with E-state index in [0.717, 1.165) is 21.9 Å². The number of aromatic nitrogens is 1. The van der Waals surface area contributed by atoms with Crippen LogP contribution in [0.15, 0.2) is 30.5 Å². The van der Waals surface area contributed by atoms with E-state index in [2.05, 4.69) is 10.3 Å². The smallest absolute Gasteiger partial charge is 0.251 e. The Morgan fingerprint density at radius 2 is 2.11 bits per heavy atom. The van der Waals surface area contributed by atoms with E-state index < -0.39 is 0 Å². The van der Waals surface area contributed by atoms with Crippen LogP contribution >= 0.6 is 11.3 Å². The fraction of sp³-hybridized carbons (Fsp3) is 0.286. The molecule has 19 heavy (non-hydrogen) atoms. The first kappa shape index (κ1) is 13.7. The van der Waals surface area contributed by atoms with Gasteiger partial charge in [-0.3, -0.25) is 4.79 Å². The van der Waals surface area contributed by atoms with Crippen LogP contribution in [0.25, 0.3) is 0 Å². The predicted octanol–water partition coefficient (Wildman–Crippen LogP) is 1.88. The average Bonchev–Trinajstić information content (AvgIpc) is 2.83. The highest BCUT2D eigenvalue weighted by molar-refractivity contribution is 7.11. The minimum absolute atomic E-state index is 0.0767. The van der Waals surface area contributed by atoms with Gasteiger partial charge >= 0.3 is 0 Å². The van der Waals surface area contributed by atoms with E-state index in [4.69, 9.17) is 5.73 Å². The van der Waals surface area contributed by atoms with Gasteiger partial charge in [0.25, 0.3) is 5.91 Å². The van der Waals surface area contributed by atoms with Crippen LogP contribution in [0.3, 0.4) is 0 Å². The van der Waals surface area contributed by atoms with E-state index in [1.807, 2.05) is 37.4 Å². The normalized spacial score (nSPS) is 10.4. The maximum atomic E-state index is 11.9. The van der Waals surface area contributed by atoms with Gasteiger partial charge in [-0.25, -0.2) is 4.98 Å². The summed E-state index contributed by atoms with van der Waals surface area (Å²) >= 11 is 1.59. The van der Waals surface area contributed by atoms with Crippen LogP contribution in [0.2, 0.25) is 0 Å². The number of nitrogens with one attached hydrogen (secondary N) is 1. The number of thiazole rings is 1. The van der Waals surface area contributed by atoms with Crippen molar-refractivity contribution in [2.75, 3.05) is 6.54 Å². The first-order valence-corrected chi connectivity index (χ1v) is 6.99. The first-order valence-electron chi connectivity index (χ1n) is 6.17. The van der Waals surface area contributed by atoms with Crippen molar-refractivity contribution < 1.29 is 4.79 Å². The molecule has 3 N–H and O–H groups in total. The van der Waals surface area contributed by atoms with Gasteiger partial charge in [0.1, 0.15) is 5.01 Å². The molecule has 1 aromatic heterocycles. The Hall–Kier alpha value is -1.72. The summed E-state index contributed by atoms with van der Waals surface area (Å²) in [7, 11) is 0. The Morgan fingerprint density at radius 1 is 1.37 bits per heavy atom. The summed E-state index contributed by atoms with van der Waals surface area (Å²) in [6.07, 6.45) is 2.65. The lowest BCUT2D eigenvalue weighted by Gasteiger charge is -2.04. The number of hydrogen-bond donors (Lipinski definition) is 2. The summed E-state index contributed by atoms with van der Waals surface area (Å²) in [6, 6.07) is 7.53. The number of aryl methyl sites for hydroxylation is 1. The molecular formula is C14H17N3OS. The minimum Gasteiger partial charge on any atom is -0.346 e. The van der Waals surface area contributed by atoms with Crippen LogP contribution in [0.4, 0.5) is 0 Å². The molecule has 0 bridgehead atoms. The molecule has 1 heterocycles. The number of hydrogen-bond acceptors (Lipinski definition) is 4. The van der Waals surface area contributed by atoms with Crippen LogP contribution in [0, 0.1) is 6.92 Å². The van der Waals surface area contributed by atoms with Gasteiger partial charge in [-0.1, -0.05) is 12.1 Å². The fourth-order valence-electron chi connectivity index (χ4n) is 1.73. The van der Waals surface area contributed by atoms with Crippen LogP contribution in [-0.2, 0) is 13.0 Å². The molecule has 1 amide bonds. The number of amides is 1. The average molecular weight is 275 g/mol. The quantitative estimate of drug-likeness (QED) is 0.875. The second kappa shape index (κ2) is 6.45. The van der Waals surface area contributed by atoms with Gasteiger partial charge in [-0.05, 0) is 37.6 Å². The molecule has 0 aliphatic rings. The summed E-state index contributed by atoms with van der Waals surface area (Å²) in [6.45, 7) is 3.09. The maximum Gasteiger partial charge on any atom is 0.251 e. The van der Waals surface area contributed by atoms with E-state index in [0.29, 0.717) is 18.7 Å². The molecule has 0 aliphatic heterocycles. The number of rotatable bonds is 5. The van der Waals surface area contributed by atoms with Gasteiger partial charge in [0.2, 0.25) is 0 Å². The molecule has 4 nitrogen and oxygen atoms in total. The maximum absolute atomic E-state index is 11.9. The van der Waals surface area contributed by atoms with E-state index in [-0.39, 0.29) is 5.91 Å². The number of nitrogens with two attached hydrogens (primary N) is 1. The molecule has 0 unspecified atom stereocenters. The zero-order chi connectivity index (χ0) is 13.7. The lowest BCUT2D eigenvalue weighted by atomic mass is 10.1. The van der Waals surface area contributed by atoms with Crippen molar-refractivity contribution in [3.05, 3.63) is 51.5 Å². The largest absolute Gasteiger partial charge is 0.346 e. The van der Waals surface area contributed by atoms with Crippen molar-refractivity contribution in [3.63, 3.8) is 0 Å². The van der Waals surface area contributed by atoms with Gasteiger partial charge in [-0.2, -0.15) is 0 Å². The predicted molar refractivity (Wildman–Crippen MR) is 77.2 cm³/mol. The first-order chi connectivity index (χ1) is 9.19. The Labute approximate surface area is 116 Å². The molecule has 0 saturated heterocycles. The summed E-state index contributed by atoms with van der Waals surface area (Å²) in [4.78, 5) is 17.3. The van der Waals surface area contributed by atoms with Gasteiger partial charge < -0.3 is 11.1 Å². The van der Waals surface area contributed by atoms with Crippen LogP contribution < -0.4 is 11.1 Å². The van der Waals surface area contributed by atoms with Crippen LogP contribution in [0.5, 0.6) is 0 Å². The molecule has 0 radical (unpaired) electrons. The summed E-state index contributed by atoms with van der Waals surface area (Å²) < 4.78 is 0. The second-order valence-electron chi connectivity index (χ2n) is 4.28. The SMILES string of the molecule is Cc1cnc(CNC(=O)c2ccc(CCN)cc2)s1. The van der Waals surface area contributed by atoms with Gasteiger partial charge in [-0.15, -0.1) is 11.3 Å². The number of benzene rings is 1. The molecule has 5 heteroatoms. The molecule has 2 rings (SSSR count). The molecular weight excluding hydrogens is 258 g/mol. The Kier molecular flexibility index (Phi) is 4.65. The zero-order valence-corrected chi connectivity index (χ0v) is 11.7. The van der Waals surface area contributed by atoms with Crippen LogP contribution in [0.1, 0.15) is 25.8 Å². The lowest BCUT2D eigenvalue weighted by molar-refractivity contribution is 0.0951. The lowest BCUT2D eigenvalue weighted by Crippen LogP contribution is -2.22. The van der Waals surface area contributed by atoms with Crippen molar-refractivity contribution in [3.8, 4) is 0 Å². The fourth-order valence-corrected chi connectivity index (χ4v) is 2.46. The number of carbonyl (C=O) groups is 1. The Balaban J connectivity index is 1.92. The third kappa shape index (κ3) is 3.87. The zero-order valence-electron chi connectivity index (χ0n) is 10.8. The van der Waals surface area contributed by atoms with E-state index in [9.17, 15) is 4.79 Å². The highest BCUT2D eigenvalue weighted by Crippen LogP contribution is 2.11. The van der Waals surface area contributed by atoms with Crippen molar-refractivity contribution in [1.82, 2.24) is 10.3 Å². The minimum atomic E-state index is -0.0767. The molecule has 0 aliphatic carbocycles. The van der Waals surface area contributed by atoms with Crippen LogP contribution in [-0.4, -0.2) is 17.4 Å². The van der Waals surface area contributed by atoms with Crippen molar-refractivity contribution in [2.24, 2.45) is 5.73 Å². The van der Waals surface area contributed by atoms with Crippen molar-refractivity contribution in [1.29, 1.82) is 0 Å². The Bertz CT molecular complexity index is 548. The standard InChI is InChI=1S/C14H17N3OS/c1-10-8-16-13(19-10)9-17-14(18)12-4-2-11(3-5-12)6-7-15/h2-5,8H,6-7,9,15H2,1H3,(H,17,18). The van der Waals surface area contributed by atoms with E-state index >= 15 is 0 Å². The molecule has 1 aromatic carbocycles. The summed E-state index contributed by atoms with van der Waals surface area (Å²) in [5, 5.41) is 3.79. The molecule has 0 spiro atoms. The highest BCUT2D eigenvalue weighted by atomic mass is 32.1. The topological polar surface area (TPSA) is 68.0 Å². The molecule has 100 valence electrons. The number of carbonyl (C=O) groups excluding carboxylic acids is 1. The molecule has 0 atom stereocenters. The third-order valence-corrected chi connectivity index (χ3v) is 3.63. The van der Waals surface area contributed by atoms with Crippen molar-refractivity contribution >= 4 is 17.2 Å². The highest BCUT2D eigenvalue weighted by Gasteiger charge is 2.06. The summed E-state index contributed by atoms with van der Waals surface area (Å²) in [5.74, 6) is -0.0767. The molecule has 0 fully saturated rings. The van der Waals surface area contributed by atoms with Gasteiger partial charge in [0.05, 0.1) is 6.54 Å². The van der Waals surface area contributed by atoms with E-state index in [1.54, 1.807) is 11.3 Å². The van der Waals surface area contributed by atoms with Gasteiger partial charge in [0.15, 0.2) is 0 Å². The van der Waals surface area contributed by atoms with Crippen molar-refractivity contribution in [2.45, 2.75) is 19.9 Å². The van der Waals surface area contributed by atoms with E-state index in [1.165, 1.54) is 0 Å². The molecule has 2 aromatic rings. The third-order valence-electron chi connectivity index (χ3n) is 2.72. The molecule has 0 saturated carbocycles. The van der Waals surface area contributed by atoms with Gasteiger partial charge in [0, 0.05) is 16.6 Å². The number of nitrogens with zero attached hydrogens (tertiary/aromatic N) is 1. The Morgan fingerprint density at radius 3 is 2.68 bits per heavy atom. The summed E-state index contributed by atoms with van der Waals surface area (Å²) in [5.41, 5.74) is 7.30. The second-order valence-corrected chi connectivity index (χ2v) is 5.60. The monoisotopic (exact) mass is 275 g/mol.